The molecule has 172 valence electrons. The highest BCUT2D eigenvalue weighted by molar-refractivity contribution is 8.00. The number of nitrogens with one attached hydrogen (secondary N) is 1. The van der Waals surface area contributed by atoms with Crippen LogP contribution in [-0.4, -0.2) is 42.5 Å². The predicted octanol–water partition coefficient (Wildman–Crippen LogP) is 3.30. The number of thioether (sulfide) groups is 1. The lowest BCUT2D eigenvalue weighted by atomic mass is 9.87. The minimum atomic E-state index is -3.66. The monoisotopic (exact) mass is 484 g/mol. The Morgan fingerprint density at radius 2 is 2.15 bits per heavy atom. The summed E-state index contributed by atoms with van der Waals surface area (Å²) in [4.78, 5) is 17.2. The Morgan fingerprint density at radius 1 is 1.36 bits per heavy atom. The van der Waals surface area contributed by atoms with Crippen LogP contribution in [0.2, 0.25) is 0 Å². The average Bonchev–Trinajstić information content (AvgIpc) is 2.83. The molecule has 0 spiro atoms. The maximum atomic E-state index is 12.7. The van der Waals surface area contributed by atoms with Crippen molar-refractivity contribution in [2.24, 2.45) is 5.92 Å². The summed E-state index contributed by atoms with van der Waals surface area (Å²) < 4.78 is 31.6. The molecule has 0 radical (unpaired) electrons. The van der Waals surface area contributed by atoms with E-state index in [1.54, 1.807) is 12.1 Å². The van der Waals surface area contributed by atoms with Crippen LogP contribution in [0.15, 0.2) is 52.7 Å². The Morgan fingerprint density at radius 3 is 2.85 bits per heavy atom. The standard InChI is InChI=1S/C23H24N4O4S2/c1-16-2-7-21-17(12-16)13-18(14-24)23(26-21)32-15-22(28)25-19-3-5-20(6-4-19)33(29,30)27-8-10-31-11-9-27/h3-6,8,10,13,16H,2,7,9,11-12,15H2,1H3,(H,25,28). The van der Waals surface area contributed by atoms with Crippen LogP contribution >= 0.6 is 11.8 Å². The van der Waals surface area contributed by atoms with Gasteiger partial charge in [-0.2, -0.15) is 5.26 Å². The summed E-state index contributed by atoms with van der Waals surface area (Å²) >= 11 is 1.23. The molecule has 0 saturated heterocycles. The lowest BCUT2D eigenvalue weighted by molar-refractivity contribution is -0.113. The number of fused-ring (bicyclic) bond motifs is 1. The fourth-order valence-corrected chi connectivity index (χ4v) is 5.84. The second-order valence-electron chi connectivity index (χ2n) is 8.04. The van der Waals surface area contributed by atoms with Gasteiger partial charge in [-0.3, -0.25) is 9.10 Å². The van der Waals surface area contributed by atoms with E-state index in [0.29, 0.717) is 28.8 Å². The minimum Gasteiger partial charge on any atom is -0.498 e. The van der Waals surface area contributed by atoms with Gasteiger partial charge in [0.05, 0.1) is 35.2 Å². The topological polar surface area (TPSA) is 112 Å². The van der Waals surface area contributed by atoms with Crippen LogP contribution in [-0.2, 0) is 32.4 Å². The third-order valence-corrected chi connectivity index (χ3v) is 8.34. The smallest absolute Gasteiger partial charge is 0.264 e. The van der Waals surface area contributed by atoms with E-state index in [0.717, 1.165) is 30.5 Å². The maximum absolute atomic E-state index is 12.7. The summed E-state index contributed by atoms with van der Waals surface area (Å²) in [6.07, 6.45) is 5.62. The first-order valence-corrected chi connectivity index (χ1v) is 13.0. The molecule has 1 aromatic carbocycles. The van der Waals surface area contributed by atoms with Gasteiger partial charge in [-0.15, -0.1) is 0 Å². The molecular formula is C23H24N4O4S2. The lowest BCUT2D eigenvalue weighted by Crippen LogP contribution is -2.31. The van der Waals surface area contributed by atoms with Crippen molar-refractivity contribution < 1.29 is 17.9 Å². The number of hydrogen-bond acceptors (Lipinski definition) is 7. The third-order valence-electron chi connectivity index (χ3n) is 5.56. The normalized spacial score (nSPS) is 17.6. The van der Waals surface area contributed by atoms with E-state index >= 15 is 0 Å². The highest BCUT2D eigenvalue weighted by Crippen LogP contribution is 2.29. The zero-order chi connectivity index (χ0) is 23.4. The Bertz CT molecular complexity index is 1220. The second kappa shape index (κ2) is 9.85. The summed E-state index contributed by atoms with van der Waals surface area (Å²) in [6.45, 7) is 2.74. The molecule has 10 heteroatoms. The van der Waals surface area contributed by atoms with Crippen LogP contribution in [0.3, 0.4) is 0 Å². The van der Waals surface area contributed by atoms with E-state index in [1.165, 1.54) is 40.7 Å². The van der Waals surface area contributed by atoms with E-state index in [4.69, 9.17) is 4.74 Å². The van der Waals surface area contributed by atoms with Crippen molar-refractivity contribution in [3.8, 4) is 6.07 Å². The number of hydrogen-bond donors (Lipinski definition) is 1. The van der Waals surface area contributed by atoms with E-state index < -0.39 is 10.0 Å². The fourth-order valence-electron chi connectivity index (χ4n) is 3.79. The average molecular weight is 485 g/mol. The molecule has 0 fully saturated rings. The quantitative estimate of drug-likeness (QED) is 0.626. The molecule has 0 bridgehead atoms. The molecule has 0 saturated carbocycles. The number of aryl methyl sites for hydroxylation is 1. The predicted molar refractivity (Wildman–Crippen MR) is 125 cm³/mol. The first kappa shape index (κ1) is 23.1. The maximum Gasteiger partial charge on any atom is 0.264 e. The van der Waals surface area contributed by atoms with Gasteiger partial charge in [-0.25, -0.2) is 13.4 Å². The van der Waals surface area contributed by atoms with Gasteiger partial charge in [-0.05, 0) is 61.1 Å². The third kappa shape index (κ3) is 5.31. The molecule has 2 aliphatic rings. The molecule has 1 aliphatic carbocycles. The number of amides is 1. The summed E-state index contributed by atoms with van der Waals surface area (Å²) in [5.41, 5.74) is 3.13. The lowest BCUT2D eigenvalue weighted by Gasteiger charge is -2.23. The zero-order valence-corrected chi connectivity index (χ0v) is 19.8. The number of aromatic nitrogens is 1. The molecule has 1 aliphatic heterocycles. The molecule has 1 N–H and O–H groups in total. The molecule has 33 heavy (non-hydrogen) atoms. The molecule has 1 atom stereocenters. The molecule has 2 aromatic rings. The van der Waals surface area contributed by atoms with E-state index in [1.807, 2.05) is 6.07 Å². The van der Waals surface area contributed by atoms with Gasteiger partial charge in [0.1, 0.15) is 17.7 Å². The van der Waals surface area contributed by atoms with Crippen molar-refractivity contribution in [2.75, 3.05) is 24.2 Å². The Kier molecular flexibility index (Phi) is 6.91. The molecule has 8 nitrogen and oxygen atoms in total. The molecular weight excluding hydrogens is 460 g/mol. The number of sulfonamides is 1. The number of pyridine rings is 1. The SMILES string of the molecule is CC1CCc2nc(SCC(=O)Nc3ccc(S(=O)(=O)N4C=COCC4)cc3)c(C#N)cc2C1. The van der Waals surface area contributed by atoms with Gasteiger partial charge < -0.3 is 10.1 Å². The number of nitriles is 1. The van der Waals surface area contributed by atoms with Crippen LogP contribution in [0.1, 0.15) is 30.2 Å². The number of carbonyl (C=O) groups excluding carboxylic acids is 1. The first-order valence-electron chi connectivity index (χ1n) is 10.6. The zero-order valence-electron chi connectivity index (χ0n) is 18.2. The number of carbonyl (C=O) groups is 1. The van der Waals surface area contributed by atoms with Crippen LogP contribution in [0.4, 0.5) is 5.69 Å². The van der Waals surface area contributed by atoms with Gasteiger partial charge in [0.2, 0.25) is 5.91 Å². The van der Waals surface area contributed by atoms with Crippen molar-refractivity contribution in [3.05, 3.63) is 59.6 Å². The van der Waals surface area contributed by atoms with Gasteiger partial charge in [-0.1, -0.05) is 18.7 Å². The number of ether oxygens (including phenoxy) is 1. The second-order valence-corrected chi connectivity index (χ2v) is 10.9. The van der Waals surface area contributed by atoms with Crippen molar-refractivity contribution >= 4 is 33.4 Å². The summed E-state index contributed by atoms with van der Waals surface area (Å²) in [5, 5.41) is 12.8. The van der Waals surface area contributed by atoms with E-state index in [-0.39, 0.29) is 23.1 Å². The van der Waals surface area contributed by atoms with Crippen LogP contribution in [0.25, 0.3) is 0 Å². The summed E-state index contributed by atoms with van der Waals surface area (Å²) in [5.74, 6) is 0.417. The minimum absolute atomic E-state index is 0.0927. The summed E-state index contributed by atoms with van der Waals surface area (Å²) in [6, 6.07) is 10.1. The number of nitrogens with zero attached hydrogens (tertiary/aromatic N) is 3. The summed E-state index contributed by atoms with van der Waals surface area (Å²) in [7, 11) is -3.66. The van der Waals surface area contributed by atoms with Crippen LogP contribution < -0.4 is 5.32 Å². The number of benzene rings is 1. The molecule has 1 amide bonds. The van der Waals surface area contributed by atoms with Gasteiger partial charge in [0, 0.05) is 11.4 Å². The van der Waals surface area contributed by atoms with Crippen molar-refractivity contribution in [2.45, 2.75) is 36.1 Å². The Hall–Kier alpha value is -3.03. The number of rotatable bonds is 6. The molecule has 1 aromatic heterocycles. The van der Waals surface area contributed by atoms with Crippen molar-refractivity contribution in [3.63, 3.8) is 0 Å². The fraction of sp³-hybridized carbons (Fsp3) is 0.348. The van der Waals surface area contributed by atoms with Gasteiger partial charge >= 0.3 is 0 Å². The highest BCUT2D eigenvalue weighted by atomic mass is 32.2. The van der Waals surface area contributed by atoms with Crippen molar-refractivity contribution in [1.82, 2.24) is 9.29 Å². The first-order chi connectivity index (χ1) is 15.9. The van der Waals surface area contributed by atoms with Crippen LogP contribution in [0, 0.1) is 17.2 Å². The Balaban J connectivity index is 1.38. The largest absolute Gasteiger partial charge is 0.498 e. The van der Waals surface area contributed by atoms with Gasteiger partial charge in [0.25, 0.3) is 10.0 Å². The number of anilines is 1. The molecule has 1 unspecified atom stereocenters. The van der Waals surface area contributed by atoms with Crippen molar-refractivity contribution in [1.29, 1.82) is 5.26 Å². The van der Waals surface area contributed by atoms with E-state index in [2.05, 4.69) is 23.3 Å². The van der Waals surface area contributed by atoms with E-state index in [9.17, 15) is 18.5 Å². The van der Waals surface area contributed by atoms with Gasteiger partial charge in [0.15, 0.2) is 0 Å². The highest BCUT2D eigenvalue weighted by Gasteiger charge is 2.23. The molecule has 4 rings (SSSR count). The Labute approximate surface area is 197 Å². The molecule has 2 heterocycles. The van der Waals surface area contributed by atoms with Crippen LogP contribution in [0.5, 0.6) is 0 Å².